The van der Waals surface area contributed by atoms with Crippen molar-refractivity contribution in [3.63, 3.8) is 0 Å². The van der Waals surface area contributed by atoms with E-state index in [1.807, 2.05) is 45.0 Å². The molecule has 1 aromatic heterocycles. The second kappa shape index (κ2) is 6.23. The number of benzene rings is 1. The third-order valence-electron chi connectivity index (χ3n) is 2.83. The minimum atomic E-state index is 0.0537. The van der Waals surface area contributed by atoms with Crippen molar-refractivity contribution in [3.8, 4) is 5.88 Å². The van der Waals surface area contributed by atoms with Crippen LogP contribution in [-0.4, -0.2) is 16.1 Å². The number of aromatic nitrogens is 2. The summed E-state index contributed by atoms with van der Waals surface area (Å²) in [6, 6.07) is 9.62. The number of hydrogen-bond donors (Lipinski definition) is 2. The fraction of sp³-hybridized carbons (Fsp3) is 0.333. The van der Waals surface area contributed by atoms with Crippen LogP contribution in [0.15, 0.2) is 36.7 Å². The Labute approximate surface area is 119 Å². The maximum absolute atomic E-state index is 5.97. The van der Waals surface area contributed by atoms with Crippen LogP contribution in [-0.2, 0) is 0 Å². The molecule has 1 aromatic carbocycles. The number of nitrogens with one attached hydrogen (secondary N) is 1. The third-order valence-corrected chi connectivity index (χ3v) is 2.83. The zero-order valence-corrected chi connectivity index (χ0v) is 12.0. The highest BCUT2D eigenvalue weighted by atomic mass is 16.5. The first-order valence-electron chi connectivity index (χ1n) is 6.66. The van der Waals surface area contributed by atoms with Crippen molar-refractivity contribution >= 4 is 11.5 Å². The Morgan fingerprint density at radius 1 is 1.15 bits per heavy atom. The number of para-hydroxylation sites is 1. The molecule has 0 saturated heterocycles. The van der Waals surface area contributed by atoms with Crippen LogP contribution in [0.1, 0.15) is 32.4 Å². The molecule has 3 N–H and O–H groups in total. The quantitative estimate of drug-likeness (QED) is 0.818. The summed E-state index contributed by atoms with van der Waals surface area (Å²) in [7, 11) is 0. The van der Waals surface area contributed by atoms with E-state index in [0.717, 1.165) is 11.3 Å². The Hall–Kier alpha value is -2.30. The topological polar surface area (TPSA) is 73.1 Å². The molecule has 0 aliphatic carbocycles. The molecule has 2 aromatic rings. The predicted molar refractivity (Wildman–Crippen MR) is 80.7 cm³/mol. The van der Waals surface area contributed by atoms with Gasteiger partial charge in [0.05, 0.1) is 12.1 Å². The van der Waals surface area contributed by atoms with E-state index in [4.69, 9.17) is 10.5 Å². The molecule has 0 spiro atoms. The lowest BCUT2D eigenvalue weighted by Gasteiger charge is -2.17. The van der Waals surface area contributed by atoms with Crippen LogP contribution >= 0.6 is 0 Å². The zero-order valence-electron chi connectivity index (χ0n) is 12.0. The number of nitrogen functional groups attached to an aromatic ring is 1. The van der Waals surface area contributed by atoms with Crippen LogP contribution in [0, 0.1) is 0 Å². The lowest BCUT2D eigenvalue weighted by molar-refractivity contribution is 0.232. The molecule has 1 unspecified atom stereocenters. The van der Waals surface area contributed by atoms with Gasteiger partial charge in [0.2, 0.25) is 5.88 Å². The molecule has 106 valence electrons. The molecule has 0 aliphatic heterocycles. The highest BCUT2D eigenvalue weighted by Gasteiger charge is 2.10. The molecule has 0 aliphatic rings. The van der Waals surface area contributed by atoms with E-state index < -0.39 is 0 Å². The molecule has 1 heterocycles. The Bertz CT molecular complexity index is 571. The average molecular weight is 272 g/mol. The Kier molecular flexibility index (Phi) is 4.40. The largest absolute Gasteiger partial charge is 0.475 e. The first kappa shape index (κ1) is 14.1. The average Bonchev–Trinajstić information content (AvgIpc) is 2.38. The fourth-order valence-corrected chi connectivity index (χ4v) is 1.93. The van der Waals surface area contributed by atoms with Crippen molar-refractivity contribution in [2.24, 2.45) is 0 Å². The number of rotatable bonds is 5. The minimum absolute atomic E-state index is 0.0537. The second-order valence-corrected chi connectivity index (χ2v) is 4.90. The summed E-state index contributed by atoms with van der Waals surface area (Å²) >= 11 is 0. The van der Waals surface area contributed by atoms with Gasteiger partial charge in [0.1, 0.15) is 12.1 Å². The second-order valence-electron chi connectivity index (χ2n) is 4.90. The van der Waals surface area contributed by atoms with E-state index in [-0.39, 0.29) is 12.1 Å². The van der Waals surface area contributed by atoms with Crippen molar-refractivity contribution in [2.45, 2.75) is 32.9 Å². The van der Waals surface area contributed by atoms with Crippen LogP contribution in [0.2, 0.25) is 0 Å². The molecule has 2 rings (SSSR count). The molecular formula is C15H20N4O. The molecule has 0 bridgehead atoms. The lowest BCUT2D eigenvalue weighted by atomic mass is 10.1. The minimum Gasteiger partial charge on any atom is -0.475 e. The molecular weight excluding hydrogens is 252 g/mol. The van der Waals surface area contributed by atoms with E-state index in [0.29, 0.717) is 11.7 Å². The highest BCUT2D eigenvalue weighted by molar-refractivity contribution is 5.51. The summed E-state index contributed by atoms with van der Waals surface area (Å²) in [5.74, 6) is 1.28. The van der Waals surface area contributed by atoms with Crippen LogP contribution in [0.4, 0.5) is 11.5 Å². The molecule has 5 heteroatoms. The van der Waals surface area contributed by atoms with E-state index in [1.165, 1.54) is 6.33 Å². The van der Waals surface area contributed by atoms with Gasteiger partial charge in [-0.05, 0) is 32.4 Å². The van der Waals surface area contributed by atoms with Crippen molar-refractivity contribution < 1.29 is 4.74 Å². The van der Waals surface area contributed by atoms with Gasteiger partial charge >= 0.3 is 0 Å². The molecule has 20 heavy (non-hydrogen) atoms. The predicted octanol–water partition coefficient (Wildman–Crippen LogP) is 3.02. The summed E-state index contributed by atoms with van der Waals surface area (Å²) in [4.78, 5) is 8.28. The van der Waals surface area contributed by atoms with Gasteiger partial charge in [0.25, 0.3) is 0 Å². The van der Waals surface area contributed by atoms with Crippen molar-refractivity contribution in [1.82, 2.24) is 9.97 Å². The summed E-state index contributed by atoms with van der Waals surface area (Å²) in [6.07, 6.45) is 1.57. The van der Waals surface area contributed by atoms with E-state index >= 15 is 0 Å². The fourth-order valence-electron chi connectivity index (χ4n) is 1.93. The molecule has 1 atom stereocenters. The summed E-state index contributed by atoms with van der Waals surface area (Å²) < 4.78 is 5.55. The summed E-state index contributed by atoms with van der Waals surface area (Å²) in [5.41, 5.74) is 7.78. The number of nitrogens with two attached hydrogens (primary N) is 1. The van der Waals surface area contributed by atoms with Crippen molar-refractivity contribution in [1.29, 1.82) is 0 Å². The van der Waals surface area contributed by atoms with Crippen LogP contribution in [0.5, 0.6) is 5.88 Å². The maximum Gasteiger partial charge on any atom is 0.218 e. The standard InChI is InChI=1S/C15H20N4O/c1-10(2)20-15-8-14(17-9-18-15)19-11(3)12-6-4-5-7-13(12)16/h4-11H,16H2,1-3H3,(H,17,18,19). The van der Waals surface area contributed by atoms with E-state index in [1.54, 1.807) is 6.07 Å². The lowest BCUT2D eigenvalue weighted by Crippen LogP contribution is -2.11. The number of anilines is 2. The molecule has 0 radical (unpaired) electrons. The van der Waals surface area contributed by atoms with Gasteiger partial charge < -0.3 is 15.8 Å². The van der Waals surface area contributed by atoms with Gasteiger partial charge in [-0.15, -0.1) is 0 Å². The van der Waals surface area contributed by atoms with Crippen molar-refractivity contribution in [2.75, 3.05) is 11.1 Å². The van der Waals surface area contributed by atoms with Gasteiger partial charge in [-0.3, -0.25) is 0 Å². The van der Waals surface area contributed by atoms with Gasteiger partial charge in [0.15, 0.2) is 0 Å². The van der Waals surface area contributed by atoms with E-state index in [9.17, 15) is 0 Å². The van der Waals surface area contributed by atoms with E-state index in [2.05, 4.69) is 15.3 Å². The normalized spacial score (nSPS) is 12.2. The van der Waals surface area contributed by atoms with Gasteiger partial charge in [0, 0.05) is 11.8 Å². The zero-order chi connectivity index (χ0) is 14.5. The third kappa shape index (κ3) is 3.60. The monoisotopic (exact) mass is 272 g/mol. The highest BCUT2D eigenvalue weighted by Crippen LogP contribution is 2.23. The first-order valence-corrected chi connectivity index (χ1v) is 6.66. The van der Waals surface area contributed by atoms with Crippen LogP contribution in [0.3, 0.4) is 0 Å². The molecule has 5 nitrogen and oxygen atoms in total. The number of ether oxygens (including phenoxy) is 1. The smallest absolute Gasteiger partial charge is 0.218 e. The first-order chi connectivity index (χ1) is 9.56. The van der Waals surface area contributed by atoms with Gasteiger partial charge in [-0.2, -0.15) is 0 Å². The maximum atomic E-state index is 5.97. The number of hydrogen-bond acceptors (Lipinski definition) is 5. The summed E-state index contributed by atoms with van der Waals surface area (Å²) in [6.45, 7) is 5.96. The van der Waals surface area contributed by atoms with Crippen LogP contribution < -0.4 is 15.8 Å². The van der Waals surface area contributed by atoms with Crippen LogP contribution in [0.25, 0.3) is 0 Å². The number of nitrogens with zero attached hydrogens (tertiary/aromatic N) is 2. The Morgan fingerprint density at radius 2 is 1.90 bits per heavy atom. The van der Waals surface area contributed by atoms with Gasteiger partial charge in [-0.1, -0.05) is 18.2 Å². The van der Waals surface area contributed by atoms with Gasteiger partial charge in [-0.25, -0.2) is 9.97 Å². The Balaban J connectivity index is 2.12. The molecule has 0 fully saturated rings. The van der Waals surface area contributed by atoms with Crippen molar-refractivity contribution in [3.05, 3.63) is 42.2 Å². The molecule has 0 amide bonds. The molecule has 0 saturated carbocycles. The summed E-state index contributed by atoms with van der Waals surface area (Å²) in [5, 5.41) is 3.30. The Morgan fingerprint density at radius 3 is 2.60 bits per heavy atom. The SMILES string of the molecule is CC(C)Oc1cc(NC(C)c2ccccc2N)ncn1.